The van der Waals surface area contributed by atoms with E-state index in [1.165, 1.54) is 11.3 Å². The molecular weight excluding hydrogens is 362 g/mol. The van der Waals surface area contributed by atoms with Crippen LogP contribution in [0, 0.1) is 0 Å². The van der Waals surface area contributed by atoms with E-state index in [9.17, 15) is 13.2 Å². The van der Waals surface area contributed by atoms with Crippen LogP contribution in [0.25, 0.3) is 10.2 Å². The largest absolute Gasteiger partial charge is 0.497 e. The van der Waals surface area contributed by atoms with Gasteiger partial charge in [-0.05, 0) is 18.2 Å². The highest BCUT2D eigenvalue weighted by molar-refractivity contribution is 7.91. The molecule has 2 amide bonds. The number of thiazole rings is 1. The van der Waals surface area contributed by atoms with E-state index in [0.29, 0.717) is 10.9 Å². The number of benzene rings is 1. The number of nitrogens with one attached hydrogen (secondary N) is 2. The summed E-state index contributed by atoms with van der Waals surface area (Å²) in [7, 11) is -1.62. The molecule has 0 radical (unpaired) electrons. The van der Waals surface area contributed by atoms with E-state index in [0.717, 1.165) is 10.2 Å². The highest BCUT2D eigenvalue weighted by Crippen LogP contribution is 2.29. The van der Waals surface area contributed by atoms with Crippen molar-refractivity contribution in [3.8, 4) is 5.75 Å². The van der Waals surface area contributed by atoms with Gasteiger partial charge in [-0.2, -0.15) is 0 Å². The molecule has 2 aromatic rings. The minimum atomic E-state index is -3.19. The Kier molecular flexibility index (Phi) is 4.35. The van der Waals surface area contributed by atoms with Crippen LogP contribution in [0.15, 0.2) is 18.2 Å². The van der Waals surface area contributed by atoms with E-state index in [1.54, 1.807) is 19.2 Å². The monoisotopic (exact) mass is 375 g/mol. The lowest BCUT2D eigenvalue weighted by molar-refractivity contribution is 0.249. The van der Waals surface area contributed by atoms with Crippen molar-refractivity contribution in [2.45, 2.75) is 11.4 Å². The molecule has 2 heterocycles. The van der Waals surface area contributed by atoms with Gasteiger partial charge in [-0.25, -0.2) is 18.2 Å². The highest BCUT2D eigenvalue weighted by atomic mass is 35.5. The number of urea groups is 1. The number of rotatable bonds is 3. The van der Waals surface area contributed by atoms with E-state index in [2.05, 4.69) is 15.6 Å². The Labute approximate surface area is 141 Å². The number of methoxy groups -OCH3 is 1. The lowest BCUT2D eigenvalue weighted by Gasteiger charge is -2.13. The normalized spacial score (nSPS) is 22.9. The summed E-state index contributed by atoms with van der Waals surface area (Å²) < 4.78 is 29.0. The fourth-order valence-electron chi connectivity index (χ4n) is 2.32. The summed E-state index contributed by atoms with van der Waals surface area (Å²) >= 11 is 7.26. The fourth-order valence-corrected chi connectivity index (χ4v) is 5.76. The number of anilines is 1. The van der Waals surface area contributed by atoms with Gasteiger partial charge in [-0.1, -0.05) is 11.3 Å². The highest BCUT2D eigenvalue weighted by Gasteiger charge is 2.37. The number of aromatic nitrogens is 1. The molecule has 2 atom stereocenters. The van der Waals surface area contributed by atoms with Crippen LogP contribution in [0.5, 0.6) is 5.75 Å². The zero-order valence-electron chi connectivity index (χ0n) is 12.1. The number of carbonyl (C=O) groups is 1. The maximum absolute atomic E-state index is 12.0. The molecule has 0 bridgehead atoms. The van der Waals surface area contributed by atoms with Crippen molar-refractivity contribution in [2.75, 3.05) is 23.9 Å². The molecule has 1 aromatic carbocycles. The molecule has 23 heavy (non-hydrogen) atoms. The minimum Gasteiger partial charge on any atom is -0.497 e. The molecule has 1 saturated heterocycles. The van der Waals surface area contributed by atoms with E-state index in [-0.39, 0.29) is 11.5 Å². The van der Waals surface area contributed by atoms with Crippen LogP contribution in [0.1, 0.15) is 0 Å². The molecular formula is C13H14ClN3O4S2. The van der Waals surface area contributed by atoms with Gasteiger partial charge in [0.1, 0.15) is 5.75 Å². The third kappa shape index (κ3) is 3.67. The number of ether oxygens (including phenoxy) is 1. The molecule has 2 N–H and O–H groups in total. The van der Waals surface area contributed by atoms with Gasteiger partial charge in [0.25, 0.3) is 0 Å². The van der Waals surface area contributed by atoms with Crippen LogP contribution in [-0.2, 0) is 9.84 Å². The molecule has 1 aliphatic heterocycles. The fraction of sp³-hybridized carbons (Fsp3) is 0.385. The van der Waals surface area contributed by atoms with Gasteiger partial charge in [-0.3, -0.25) is 5.32 Å². The number of hydrogen-bond acceptors (Lipinski definition) is 6. The second-order valence-electron chi connectivity index (χ2n) is 5.15. The van der Waals surface area contributed by atoms with Crippen molar-refractivity contribution in [3.05, 3.63) is 18.2 Å². The van der Waals surface area contributed by atoms with Gasteiger partial charge in [0.15, 0.2) is 15.0 Å². The second kappa shape index (κ2) is 6.14. The number of carbonyl (C=O) groups excluding carboxylic acids is 1. The first kappa shape index (κ1) is 16.3. The molecule has 1 fully saturated rings. The zero-order chi connectivity index (χ0) is 16.6. The Morgan fingerprint density at radius 3 is 2.87 bits per heavy atom. The van der Waals surface area contributed by atoms with Crippen molar-refractivity contribution < 1.29 is 17.9 Å². The third-order valence-electron chi connectivity index (χ3n) is 3.42. The SMILES string of the molecule is COc1ccc2nc(NC(=O)NC3CS(=O)(=O)CC3Cl)sc2c1. The van der Waals surface area contributed by atoms with Crippen molar-refractivity contribution in [3.63, 3.8) is 0 Å². The van der Waals surface area contributed by atoms with Crippen molar-refractivity contribution in [1.29, 1.82) is 0 Å². The van der Waals surface area contributed by atoms with Gasteiger partial charge < -0.3 is 10.1 Å². The Balaban J connectivity index is 1.68. The molecule has 2 unspecified atom stereocenters. The van der Waals surface area contributed by atoms with Gasteiger partial charge in [0.2, 0.25) is 0 Å². The molecule has 1 aliphatic rings. The summed E-state index contributed by atoms with van der Waals surface area (Å²) in [6, 6.07) is 4.29. The Hall–Kier alpha value is -1.58. The van der Waals surface area contributed by atoms with Crippen LogP contribution < -0.4 is 15.4 Å². The topological polar surface area (TPSA) is 97.4 Å². The molecule has 7 nitrogen and oxygen atoms in total. The molecule has 10 heteroatoms. The first-order valence-corrected chi connectivity index (χ1v) is 9.80. The van der Waals surface area contributed by atoms with Gasteiger partial charge in [-0.15, -0.1) is 11.6 Å². The average Bonchev–Trinajstić information content (AvgIpc) is 2.97. The lowest BCUT2D eigenvalue weighted by atomic mass is 10.2. The summed E-state index contributed by atoms with van der Waals surface area (Å²) in [5, 5.41) is 4.98. The average molecular weight is 376 g/mol. The summed E-state index contributed by atoms with van der Waals surface area (Å²) in [4.78, 5) is 16.3. The third-order valence-corrected chi connectivity index (χ3v) is 6.72. The number of hydrogen-bond donors (Lipinski definition) is 2. The molecule has 0 saturated carbocycles. The standard InChI is InChI=1S/C13H14ClN3O4S2/c1-21-7-2-3-9-11(4-7)22-13(16-9)17-12(18)15-10-6-23(19,20)5-8(10)14/h2-4,8,10H,5-6H2,1H3,(H2,15,16,17,18). The first-order chi connectivity index (χ1) is 10.9. The van der Waals surface area contributed by atoms with Crippen molar-refractivity contribution in [1.82, 2.24) is 10.3 Å². The number of halogens is 1. The summed E-state index contributed by atoms with van der Waals surface area (Å²) in [5.41, 5.74) is 0.741. The molecule has 124 valence electrons. The molecule has 0 spiro atoms. The Morgan fingerprint density at radius 2 is 2.22 bits per heavy atom. The van der Waals surface area contributed by atoms with E-state index in [4.69, 9.17) is 16.3 Å². The second-order valence-corrected chi connectivity index (χ2v) is 8.90. The minimum absolute atomic E-state index is 0.125. The number of fused-ring (bicyclic) bond motifs is 1. The Bertz CT molecular complexity index is 852. The maximum atomic E-state index is 12.0. The summed E-state index contributed by atoms with van der Waals surface area (Å²) in [6.07, 6.45) is 0. The molecule has 3 rings (SSSR count). The first-order valence-electron chi connectivity index (χ1n) is 6.73. The maximum Gasteiger partial charge on any atom is 0.321 e. The van der Waals surface area contributed by atoms with Gasteiger partial charge >= 0.3 is 6.03 Å². The van der Waals surface area contributed by atoms with Gasteiger partial charge in [0, 0.05) is 0 Å². The van der Waals surface area contributed by atoms with Crippen LogP contribution in [0.3, 0.4) is 0 Å². The number of alkyl halides is 1. The van der Waals surface area contributed by atoms with Crippen LogP contribution in [0.2, 0.25) is 0 Å². The summed E-state index contributed by atoms with van der Waals surface area (Å²) in [6.45, 7) is 0. The number of nitrogens with zero attached hydrogens (tertiary/aromatic N) is 1. The van der Waals surface area contributed by atoms with Gasteiger partial charge in [0.05, 0.1) is 40.3 Å². The van der Waals surface area contributed by atoms with E-state index < -0.39 is 27.3 Å². The van der Waals surface area contributed by atoms with Crippen LogP contribution >= 0.6 is 22.9 Å². The van der Waals surface area contributed by atoms with Crippen LogP contribution in [0.4, 0.5) is 9.93 Å². The van der Waals surface area contributed by atoms with Crippen molar-refractivity contribution in [2.24, 2.45) is 0 Å². The number of amides is 2. The van der Waals surface area contributed by atoms with E-state index in [1.807, 2.05) is 6.07 Å². The molecule has 0 aliphatic carbocycles. The smallest absolute Gasteiger partial charge is 0.321 e. The quantitative estimate of drug-likeness (QED) is 0.797. The predicted octanol–water partition coefficient (Wildman–Crippen LogP) is 1.83. The van der Waals surface area contributed by atoms with Crippen molar-refractivity contribution >= 4 is 54.2 Å². The number of sulfone groups is 1. The lowest BCUT2D eigenvalue weighted by Crippen LogP contribution is -2.42. The predicted molar refractivity (Wildman–Crippen MR) is 90.4 cm³/mol. The summed E-state index contributed by atoms with van der Waals surface area (Å²) in [5.74, 6) is 0.435. The van der Waals surface area contributed by atoms with Crippen LogP contribution in [-0.4, -0.2) is 49.5 Å². The van der Waals surface area contributed by atoms with E-state index >= 15 is 0 Å². The zero-order valence-corrected chi connectivity index (χ0v) is 14.5. The molecule has 1 aromatic heterocycles. The Morgan fingerprint density at radius 1 is 1.43 bits per heavy atom.